The lowest BCUT2D eigenvalue weighted by molar-refractivity contribution is -0.141. The van der Waals surface area contributed by atoms with Crippen LogP contribution < -0.4 is 20.8 Å². The van der Waals surface area contributed by atoms with Gasteiger partial charge in [-0.15, -0.1) is 0 Å². The van der Waals surface area contributed by atoms with E-state index in [2.05, 4.69) is 21.0 Å². The van der Waals surface area contributed by atoms with Gasteiger partial charge in [0.15, 0.2) is 12.8 Å². The molecule has 0 saturated carbocycles. The molecule has 2 heterocycles. The molecule has 3 N–H and O–H groups in total. The molecule has 0 radical (unpaired) electrons. The average molecular weight is 549 g/mol. The number of likely N-dealkylation sites (N-methyl/N-ethyl adjacent to an activating group) is 1. The van der Waals surface area contributed by atoms with Crippen LogP contribution in [0, 0.1) is 0 Å². The van der Waals surface area contributed by atoms with Crippen LogP contribution in [0.5, 0.6) is 5.75 Å². The minimum absolute atomic E-state index is 0.191. The number of benzene rings is 1. The minimum atomic E-state index is -0.922. The fraction of sp³-hybridized carbons (Fsp3) is 0.360. The molecule has 0 bridgehead atoms. The summed E-state index contributed by atoms with van der Waals surface area (Å²) in [5.74, 6) is -0.594. The molecule has 198 valence electrons. The van der Waals surface area contributed by atoms with Gasteiger partial charge in [-0.05, 0) is 44.2 Å². The summed E-state index contributed by atoms with van der Waals surface area (Å²) >= 11 is 12.7. The third kappa shape index (κ3) is 7.58. The van der Waals surface area contributed by atoms with E-state index in [0.29, 0.717) is 41.5 Å². The molecule has 1 aliphatic rings. The van der Waals surface area contributed by atoms with Crippen LogP contribution >= 0.6 is 23.2 Å². The quantitative estimate of drug-likeness (QED) is 0.369. The van der Waals surface area contributed by atoms with Crippen LogP contribution in [0.4, 0.5) is 0 Å². The highest BCUT2D eigenvalue weighted by molar-refractivity contribution is 6.30. The molecule has 0 spiro atoms. The zero-order valence-corrected chi connectivity index (χ0v) is 22.4. The van der Waals surface area contributed by atoms with Crippen molar-refractivity contribution in [3.8, 4) is 5.75 Å². The zero-order chi connectivity index (χ0) is 26.9. The average Bonchev–Trinajstić information content (AvgIpc) is 2.88. The van der Waals surface area contributed by atoms with Crippen molar-refractivity contribution in [3.63, 3.8) is 0 Å². The first-order chi connectivity index (χ1) is 17.7. The van der Waals surface area contributed by atoms with Crippen LogP contribution in [0.3, 0.4) is 0 Å². The molecule has 0 saturated heterocycles. The van der Waals surface area contributed by atoms with E-state index in [9.17, 15) is 14.4 Å². The number of halogens is 2. The zero-order valence-electron chi connectivity index (χ0n) is 20.9. The van der Waals surface area contributed by atoms with Crippen molar-refractivity contribution in [2.45, 2.75) is 39.9 Å². The summed E-state index contributed by atoms with van der Waals surface area (Å²) in [5.41, 5.74) is 4.69. The molecule has 1 aromatic heterocycles. The van der Waals surface area contributed by atoms with E-state index >= 15 is 0 Å². The van der Waals surface area contributed by atoms with Gasteiger partial charge in [0, 0.05) is 55.5 Å². The largest absolute Gasteiger partial charge is 0.483 e. The first kappa shape index (κ1) is 28.2. The van der Waals surface area contributed by atoms with E-state index < -0.39 is 12.1 Å². The normalized spacial score (nSPS) is 15.6. The summed E-state index contributed by atoms with van der Waals surface area (Å²) in [6.45, 7) is 5.65. The lowest BCUT2D eigenvalue weighted by Gasteiger charge is -2.41. The number of hydrogen-bond donors (Lipinski definition) is 3. The minimum Gasteiger partial charge on any atom is -0.483 e. The van der Waals surface area contributed by atoms with Gasteiger partial charge in [-0.25, -0.2) is 5.01 Å². The topological polar surface area (TPSA) is 116 Å². The summed E-state index contributed by atoms with van der Waals surface area (Å²) in [4.78, 5) is 43.2. The van der Waals surface area contributed by atoms with Gasteiger partial charge in [0.1, 0.15) is 10.9 Å². The Morgan fingerprint density at radius 3 is 2.65 bits per heavy atom. The van der Waals surface area contributed by atoms with Gasteiger partial charge in [0.2, 0.25) is 5.91 Å². The van der Waals surface area contributed by atoms with Crippen molar-refractivity contribution >= 4 is 40.9 Å². The van der Waals surface area contributed by atoms with Gasteiger partial charge in [0.05, 0.1) is 5.70 Å². The van der Waals surface area contributed by atoms with Crippen molar-refractivity contribution in [1.29, 1.82) is 0 Å². The lowest BCUT2D eigenvalue weighted by Crippen LogP contribution is -2.63. The van der Waals surface area contributed by atoms with Gasteiger partial charge >= 0.3 is 0 Å². The smallest absolute Gasteiger partial charge is 0.276 e. The lowest BCUT2D eigenvalue weighted by atomic mass is 10.2. The molecule has 10 nitrogen and oxygen atoms in total. The monoisotopic (exact) mass is 548 g/mol. The number of hydrogen-bond acceptors (Lipinski definition) is 7. The van der Waals surface area contributed by atoms with Crippen LogP contribution in [0.2, 0.25) is 5.02 Å². The van der Waals surface area contributed by atoms with Gasteiger partial charge < -0.3 is 15.0 Å². The Morgan fingerprint density at radius 1 is 1.19 bits per heavy atom. The second kappa shape index (κ2) is 13.3. The second-order valence-corrected chi connectivity index (χ2v) is 9.04. The summed E-state index contributed by atoms with van der Waals surface area (Å²) in [7, 11) is 0. The second-order valence-electron chi connectivity index (χ2n) is 8.24. The third-order valence-electron chi connectivity index (χ3n) is 5.59. The Balaban J connectivity index is 1.70. The van der Waals surface area contributed by atoms with E-state index in [-0.39, 0.29) is 30.1 Å². The highest BCUT2D eigenvalue weighted by Crippen LogP contribution is 2.26. The first-order valence-electron chi connectivity index (χ1n) is 11.8. The van der Waals surface area contributed by atoms with E-state index in [0.717, 1.165) is 5.69 Å². The maximum absolute atomic E-state index is 13.2. The Morgan fingerprint density at radius 2 is 1.97 bits per heavy atom. The van der Waals surface area contributed by atoms with Crippen molar-refractivity contribution < 1.29 is 19.1 Å². The number of amides is 3. The number of rotatable bonds is 11. The molecule has 0 aliphatic carbocycles. The number of ether oxygens (including phenoxy) is 1. The van der Waals surface area contributed by atoms with Crippen LogP contribution in [-0.4, -0.2) is 58.5 Å². The fourth-order valence-electron chi connectivity index (χ4n) is 3.75. The van der Waals surface area contributed by atoms with Crippen molar-refractivity contribution in [2.24, 2.45) is 0 Å². The molecule has 2 aromatic rings. The van der Waals surface area contributed by atoms with Gasteiger partial charge in [0.25, 0.3) is 11.8 Å². The molecule has 3 rings (SSSR count). The molecule has 12 heteroatoms. The van der Waals surface area contributed by atoms with Crippen LogP contribution in [0.15, 0.2) is 53.4 Å². The van der Waals surface area contributed by atoms with Crippen LogP contribution in [-0.2, 0) is 27.3 Å². The van der Waals surface area contributed by atoms with Gasteiger partial charge in [-0.3, -0.25) is 30.1 Å². The molecule has 37 heavy (non-hydrogen) atoms. The molecule has 0 fully saturated rings. The summed E-state index contributed by atoms with van der Waals surface area (Å²) in [6, 6.07) is 10.5. The number of carbonyl (C=O) groups is 3. The number of nitrogens with one attached hydrogen (secondary N) is 3. The molecule has 1 aliphatic heterocycles. The standard InChI is InChI=1S/C25H30Cl2N6O4/c1-4-32-16(2)23(27)33(24(25(32)36)29-12-10-20-7-5-6-11-28-20)31-22(35)15-37-21-9-8-19(26)13-18(21)14-30-17(3)34/h5-9,11,13,24,29H,4,10,12,14-15H2,1-3H3,(H,30,34)(H,31,35). The predicted molar refractivity (Wildman–Crippen MR) is 140 cm³/mol. The number of allylic oxidation sites excluding steroid dienone is 1. The Hall–Kier alpha value is -3.34. The van der Waals surface area contributed by atoms with Gasteiger partial charge in [-0.2, -0.15) is 0 Å². The molecule has 3 amide bonds. The number of hydrazine groups is 1. The number of pyridine rings is 1. The summed E-state index contributed by atoms with van der Waals surface area (Å²) in [6.07, 6.45) is 1.36. The number of aromatic nitrogens is 1. The molecular weight excluding hydrogens is 519 g/mol. The highest BCUT2D eigenvalue weighted by Gasteiger charge is 2.38. The molecular formula is C25H30Cl2N6O4. The Labute approximate surface area is 225 Å². The first-order valence-corrected chi connectivity index (χ1v) is 12.5. The Bertz CT molecular complexity index is 1160. The number of carbonyl (C=O) groups excluding carboxylic acids is 3. The van der Waals surface area contributed by atoms with E-state index in [4.69, 9.17) is 27.9 Å². The maximum Gasteiger partial charge on any atom is 0.276 e. The SMILES string of the molecule is CCN1C(=O)C(NCCc2ccccn2)N(NC(=O)COc2ccc(Cl)cc2CNC(C)=O)C(Cl)=C1C. The van der Waals surface area contributed by atoms with Crippen molar-refractivity contribution in [3.05, 3.63) is 69.7 Å². The molecule has 1 unspecified atom stereocenters. The van der Waals surface area contributed by atoms with Gasteiger partial charge in [-0.1, -0.05) is 29.3 Å². The van der Waals surface area contributed by atoms with E-state index in [1.54, 1.807) is 36.2 Å². The third-order valence-corrected chi connectivity index (χ3v) is 6.28. The van der Waals surface area contributed by atoms with Crippen molar-refractivity contribution in [2.75, 3.05) is 19.7 Å². The highest BCUT2D eigenvalue weighted by atomic mass is 35.5. The summed E-state index contributed by atoms with van der Waals surface area (Å²) in [5, 5.41) is 7.85. The Kier molecular flexibility index (Phi) is 10.1. The van der Waals surface area contributed by atoms with Crippen molar-refractivity contribution in [1.82, 2.24) is 31.0 Å². The summed E-state index contributed by atoms with van der Waals surface area (Å²) < 4.78 is 5.70. The fourth-order valence-corrected chi connectivity index (χ4v) is 4.18. The maximum atomic E-state index is 13.2. The van der Waals surface area contributed by atoms with E-state index in [1.807, 2.05) is 25.1 Å². The van der Waals surface area contributed by atoms with E-state index in [1.165, 1.54) is 11.9 Å². The van der Waals surface area contributed by atoms with Crippen LogP contribution in [0.25, 0.3) is 0 Å². The predicted octanol–water partition coefficient (Wildman–Crippen LogP) is 2.53. The molecule has 1 aromatic carbocycles. The number of nitrogens with zero attached hydrogens (tertiary/aromatic N) is 3. The molecule has 1 atom stereocenters. The van der Waals surface area contributed by atoms with Crippen LogP contribution in [0.1, 0.15) is 32.0 Å².